The van der Waals surface area contributed by atoms with Crippen molar-refractivity contribution in [3.05, 3.63) is 56.9 Å². The second-order valence-corrected chi connectivity index (χ2v) is 5.00. The first kappa shape index (κ1) is 13.4. The minimum Gasteiger partial charge on any atom is -0.366 e. The molecule has 0 amide bonds. The molecule has 1 aromatic carbocycles. The minimum absolute atomic E-state index is 0.0253. The fourth-order valence-electron chi connectivity index (χ4n) is 2.66. The Kier molecular flexibility index (Phi) is 3.43. The zero-order valence-electron chi connectivity index (χ0n) is 11.4. The van der Waals surface area contributed by atoms with Crippen molar-refractivity contribution < 1.29 is 4.92 Å². The number of fused-ring (bicyclic) bond motifs is 1. The molecule has 6 nitrogen and oxygen atoms in total. The summed E-state index contributed by atoms with van der Waals surface area (Å²) in [5.41, 5.74) is 0.813. The van der Waals surface area contributed by atoms with Crippen LogP contribution in [0, 0.1) is 10.1 Å². The van der Waals surface area contributed by atoms with Crippen molar-refractivity contribution in [2.45, 2.75) is 19.4 Å². The van der Waals surface area contributed by atoms with Gasteiger partial charge in [0.05, 0.1) is 10.5 Å². The molecule has 21 heavy (non-hydrogen) atoms. The van der Waals surface area contributed by atoms with Gasteiger partial charge in [0.15, 0.2) is 5.82 Å². The van der Waals surface area contributed by atoms with E-state index in [0.717, 1.165) is 12.8 Å². The molecule has 1 N–H and O–H groups in total. The third-order valence-electron chi connectivity index (χ3n) is 3.65. The molecule has 0 spiro atoms. The maximum Gasteiger partial charge on any atom is 0.317 e. The van der Waals surface area contributed by atoms with Crippen LogP contribution in [-0.2, 0) is 6.54 Å². The molecule has 1 aliphatic heterocycles. The number of aromatic nitrogens is 1. The van der Waals surface area contributed by atoms with E-state index in [4.69, 9.17) is 0 Å². The van der Waals surface area contributed by atoms with Gasteiger partial charge in [-0.05, 0) is 18.4 Å². The summed E-state index contributed by atoms with van der Waals surface area (Å²) in [6.45, 7) is 1.15. The zero-order chi connectivity index (χ0) is 14.8. The number of nitro groups is 1. The van der Waals surface area contributed by atoms with E-state index < -0.39 is 4.92 Å². The van der Waals surface area contributed by atoms with Crippen LogP contribution >= 0.6 is 0 Å². The second kappa shape index (κ2) is 5.40. The van der Waals surface area contributed by atoms with Crippen molar-refractivity contribution in [1.82, 2.24) is 4.57 Å². The molecule has 2 aromatic rings. The molecule has 108 valence electrons. The molecule has 6 heteroatoms. The van der Waals surface area contributed by atoms with Gasteiger partial charge in [-0.2, -0.15) is 0 Å². The summed E-state index contributed by atoms with van der Waals surface area (Å²) in [5.74, 6) is 0.323. The van der Waals surface area contributed by atoms with E-state index in [0.29, 0.717) is 30.0 Å². The van der Waals surface area contributed by atoms with E-state index in [2.05, 4.69) is 5.32 Å². The molecule has 1 aliphatic rings. The fraction of sp³-hybridized carbons (Fsp3) is 0.267. The Labute approximate surface area is 121 Å². The number of benzene rings is 1. The maximum atomic E-state index is 12.3. The largest absolute Gasteiger partial charge is 0.366 e. The van der Waals surface area contributed by atoms with Gasteiger partial charge < -0.3 is 5.32 Å². The third kappa shape index (κ3) is 2.40. The van der Waals surface area contributed by atoms with Gasteiger partial charge in [-0.25, -0.2) is 0 Å². The summed E-state index contributed by atoms with van der Waals surface area (Å²) in [4.78, 5) is 23.4. The number of hydrogen-bond donors (Lipinski definition) is 1. The maximum absolute atomic E-state index is 12.3. The molecule has 0 aliphatic carbocycles. The Balaban J connectivity index is 2.31. The Morgan fingerprint density at radius 1 is 1.19 bits per heavy atom. The SMILES string of the molecule is O=c1cc(-c2ccccc2)c([N+](=O)[O-])c2n1CCCCN2. The molecule has 0 unspecified atom stereocenters. The molecule has 3 rings (SSSR count). The van der Waals surface area contributed by atoms with Gasteiger partial charge in [-0.15, -0.1) is 0 Å². The number of nitrogens with one attached hydrogen (secondary N) is 1. The first-order chi connectivity index (χ1) is 10.2. The number of nitrogens with zero attached hydrogens (tertiary/aromatic N) is 2. The summed E-state index contributed by atoms with van der Waals surface area (Å²) < 4.78 is 1.47. The van der Waals surface area contributed by atoms with Crippen LogP contribution in [0.3, 0.4) is 0 Å². The molecular weight excluding hydrogens is 270 g/mol. The molecular formula is C15H15N3O3. The standard InChI is InChI=1S/C15H15N3O3/c19-13-10-12(11-6-2-1-3-7-11)14(18(20)21)15-16-8-4-5-9-17(13)15/h1-3,6-7,10,16H,4-5,8-9H2. The van der Waals surface area contributed by atoms with Crippen LogP contribution in [-0.4, -0.2) is 16.0 Å². The lowest BCUT2D eigenvalue weighted by Gasteiger charge is -2.13. The minimum atomic E-state index is -0.411. The normalized spacial score (nSPS) is 13.9. The number of pyridine rings is 1. The first-order valence-corrected chi connectivity index (χ1v) is 6.90. The zero-order valence-corrected chi connectivity index (χ0v) is 11.4. The molecule has 0 fully saturated rings. The van der Waals surface area contributed by atoms with Crippen molar-refractivity contribution in [2.75, 3.05) is 11.9 Å². The lowest BCUT2D eigenvalue weighted by molar-refractivity contribution is -0.383. The summed E-state index contributed by atoms with van der Waals surface area (Å²) in [7, 11) is 0. The molecule has 0 saturated carbocycles. The van der Waals surface area contributed by atoms with Gasteiger partial charge in [-0.1, -0.05) is 30.3 Å². The average molecular weight is 285 g/mol. The van der Waals surface area contributed by atoms with Gasteiger partial charge in [0.2, 0.25) is 0 Å². The summed E-state index contributed by atoms with van der Waals surface area (Å²) in [6, 6.07) is 10.4. The number of rotatable bonds is 2. The smallest absolute Gasteiger partial charge is 0.317 e. The van der Waals surface area contributed by atoms with Crippen LogP contribution in [0.4, 0.5) is 11.5 Å². The second-order valence-electron chi connectivity index (χ2n) is 5.00. The van der Waals surface area contributed by atoms with Crippen molar-refractivity contribution >= 4 is 11.5 Å². The highest BCUT2D eigenvalue weighted by molar-refractivity contribution is 5.80. The van der Waals surface area contributed by atoms with Crippen LogP contribution in [0.2, 0.25) is 0 Å². The van der Waals surface area contributed by atoms with Crippen molar-refractivity contribution in [3.8, 4) is 11.1 Å². The highest BCUT2D eigenvalue weighted by Crippen LogP contribution is 2.35. The van der Waals surface area contributed by atoms with E-state index >= 15 is 0 Å². The molecule has 0 bridgehead atoms. The Morgan fingerprint density at radius 2 is 1.95 bits per heavy atom. The van der Waals surface area contributed by atoms with Crippen molar-refractivity contribution in [3.63, 3.8) is 0 Å². The van der Waals surface area contributed by atoms with E-state index in [1.807, 2.05) is 6.07 Å². The van der Waals surface area contributed by atoms with E-state index in [1.54, 1.807) is 24.3 Å². The van der Waals surface area contributed by atoms with Crippen LogP contribution < -0.4 is 10.9 Å². The lowest BCUT2D eigenvalue weighted by atomic mass is 10.0. The predicted molar refractivity (Wildman–Crippen MR) is 80.5 cm³/mol. The van der Waals surface area contributed by atoms with E-state index in [9.17, 15) is 14.9 Å². The molecule has 1 aromatic heterocycles. The van der Waals surface area contributed by atoms with Crippen molar-refractivity contribution in [2.24, 2.45) is 0 Å². The summed E-state index contributed by atoms with van der Waals surface area (Å²) >= 11 is 0. The topological polar surface area (TPSA) is 77.2 Å². The van der Waals surface area contributed by atoms with Gasteiger partial charge in [0, 0.05) is 19.2 Å². The van der Waals surface area contributed by atoms with E-state index in [1.165, 1.54) is 10.6 Å². The van der Waals surface area contributed by atoms with Crippen LogP contribution in [0.5, 0.6) is 0 Å². The summed E-state index contributed by atoms with van der Waals surface area (Å²) in [6.07, 6.45) is 1.72. The number of hydrogen-bond acceptors (Lipinski definition) is 4. The van der Waals surface area contributed by atoms with Crippen LogP contribution in [0.1, 0.15) is 12.8 Å². The predicted octanol–water partition coefficient (Wildman–Crippen LogP) is 2.63. The highest BCUT2D eigenvalue weighted by atomic mass is 16.6. The first-order valence-electron chi connectivity index (χ1n) is 6.90. The van der Waals surface area contributed by atoms with Gasteiger partial charge in [0.1, 0.15) is 0 Å². The Morgan fingerprint density at radius 3 is 2.67 bits per heavy atom. The Bertz CT molecular complexity index is 738. The van der Waals surface area contributed by atoms with Crippen LogP contribution in [0.15, 0.2) is 41.2 Å². The Hall–Kier alpha value is -2.63. The summed E-state index contributed by atoms with van der Waals surface area (Å²) in [5, 5.41) is 14.6. The van der Waals surface area contributed by atoms with Crippen LogP contribution in [0.25, 0.3) is 11.1 Å². The average Bonchev–Trinajstić information content (AvgIpc) is 2.73. The van der Waals surface area contributed by atoms with Crippen molar-refractivity contribution in [1.29, 1.82) is 0 Å². The quantitative estimate of drug-likeness (QED) is 0.679. The molecule has 2 heterocycles. The highest BCUT2D eigenvalue weighted by Gasteiger charge is 2.26. The third-order valence-corrected chi connectivity index (χ3v) is 3.65. The molecule has 0 atom stereocenters. The van der Waals surface area contributed by atoms with E-state index in [-0.39, 0.29) is 11.2 Å². The monoisotopic (exact) mass is 285 g/mol. The molecule has 0 radical (unpaired) electrons. The number of anilines is 1. The molecule has 0 saturated heterocycles. The van der Waals surface area contributed by atoms with Gasteiger partial charge in [0.25, 0.3) is 5.56 Å². The van der Waals surface area contributed by atoms with Gasteiger partial charge >= 0.3 is 5.69 Å². The van der Waals surface area contributed by atoms with Gasteiger partial charge in [-0.3, -0.25) is 19.5 Å². The lowest BCUT2D eigenvalue weighted by Crippen LogP contribution is -2.23. The fourth-order valence-corrected chi connectivity index (χ4v) is 2.66.